The van der Waals surface area contributed by atoms with Crippen LogP contribution in [0, 0.1) is 5.92 Å². The second kappa shape index (κ2) is 11.4. The van der Waals surface area contributed by atoms with Gasteiger partial charge in [-0.05, 0) is 62.1 Å². The van der Waals surface area contributed by atoms with Crippen LogP contribution in [0.2, 0.25) is 5.02 Å². The number of aromatic nitrogens is 2. The normalized spacial score (nSPS) is 14.5. The topological polar surface area (TPSA) is 56.2 Å². The summed E-state index contributed by atoms with van der Waals surface area (Å²) in [6.45, 7) is 2.18. The van der Waals surface area contributed by atoms with Crippen molar-refractivity contribution in [3.8, 4) is 5.75 Å². The smallest absolute Gasteiger partial charge is 0.223 e. The van der Waals surface area contributed by atoms with Crippen LogP contribution in [0.3, 0.4) is 0 Å². The minimum absolute atomic E-state index is 0.217. The molecule has 1 aliphatic rings. The molecule has 170 valence electrons. The summed E-state index contributed by atoms with van der Waals surface area (Å²) in [4.78, 5) is 17.2. The van der Waals surface area contributed by atoms with Crippen molar-refractivity contribution < 1.29 is 9.53 Å². The van der Waals surface area contributed by atoms with Crippen LogP contribution >= 0.6 is 11.6 Å². The van der Waals surface area contributed by atoms with Crippen molar-refractivity contribution in [2.45, 2.75) is 57.9 Å². The summed E-state index contributed by atoms with van der Waals surface area (Å²) in [5.74, 6) is 2.36. The Morgan fingerprint density at radius 1 is 1.06 bits per heavy atom. The molecule has 3 aromatic rings. The Kier molecular flexibility index (Phi) is 8.05. The molecule has 1 aliphatic carbocycles. The van der Waals surface area contributed by atoms with Crippen LogP contribution < -0.4 is 10.1 Å². The number of rotatable bonds is 10. The van der Waals surface area contributed by atoms with Crippen molar-refractivity contribution >= 4 is 28.5 Å². The molecule has 32 heavy (non-hydrogen) atoms. The lowest BCUT2D eigenvalue weighted by Gasteiger charge is -2.20. The zero-order valence-electron chi connectivity index (χ0n) is 18.6. The van der Waals surface area contributed by atoms with Crippen LogP contribution in [0.25, 0.3) is 11.0 Å². The second-order valence-corrected chi connectivity index (χ2v) is 8.99. The molecule has 1 amide bonds. The van der Waals surface area contributed by atoms with Gasteiger partial charge in [0.15, 0.2) is 0 Å². The first kappa shape index (κ1) is 22.7. The summed E-state index contributed by atoms with van der Waals surface area (Å²) >= 11 is 5.93. The molecule has 1 aromatic heterocycles. The minimum Gasteiger partial charge on any atom is -0.494 e. The predicted octanol–water partition coefficient (Wildman–Crippen LogP) is 5.79. The van der Waals surface area contributed by atoms with Crippen LogP contribution in [0.1, 0.15) is 50.8 Å². The van der Waals surface area contributed by atoms with Crippen molar-refractivity contribution in [2.75, 3.05) is 13.2 Å². The van der Waals surface area contributed by atoms with E-state index in [1.165, 1.54) is 19.3 Å². The molecule has 0 unspecified atom stereocenters. The fourth-order valence-corrected chi connectivity index (χ4v) is 4.60. The van der Waals surface area contributed by atoms with E-state index in [0.29, 0.717) is 18.2 Å². The summed E-state index contributed by atoms with van der Waals surface area (Å²) < 4.78 is 8.15. The highest BCUT2D eigenvalue weighted by Crippen LogP contribution is 2.23. The number of nitrogens with zero attached hydrogens (tertiary/aromatic N) is 2. The third-order valence-electron chi connectivity index (χ3n) is 6.19. The minimum atomic E-state index is 0.217. The maximum absolute atomic E-state index is 12.4. The highest BCUT2D eigenvalue weighted by Gasteiger charge is 2.20. The monoisotopic (exact) mass is 453 g/mol. The maximum atomic E-state index is 12.4. The van der Waals surface area contributed by atoms with E-state index in [9.17, 15) is 4.79 Å². The maximum Gasteiger partial charge on any atom is 0.223 e. The molecule has 1 N–H and O–H groups in total. The fraction of sp³-hybridized carbons (Fsp3) is 0.462. The van der Waals surface area contributed by atoms with Crippen molar-refractivity contribution in [1.82, 2.24) is 14.9 Å². The Morgan fingerprint density at radius 2 is 1.84 bits per heavy atom. The van der Waals surface area contributed by atoms with E-state index in [1.54, 1.807) is 0 Å². The highest BCUT2D eigenvalue weighted by molar-refractivity contribution is 6.30. The third kappa shape index (κ3) is 6.04. The molecule has 0 radical (unpaired) electrons. The first-order valence-corrected chi connectivity index (χ1v) is 12.2. The molecule has 0 spiro atoms. The average Bonchev–Trinajstić information content (AvgIpc) is 3.18. The number of amides is 1. The average molecular weight is 454 g/mol. The Balaban J connectivity index is 1.29. The molecular formula is C26H32ClN3O2. The highest BCUT2D eigenvalue weighted by atomic mass is 35.5. The van der Waals surface area contributed by atoms with Gasteiger partial charge in [-0.1, -0.05) is 43.0 Å². The van der Waals surface area contributed by atoms with E-state index in [1.807, 2.05) is 30.3 Å². The van der Waals surface area contributed by atoms with Gasteiger partial charge in [0.2, 0.25) is 5.91 Å². The third-order valence-corrected chi connectivity index (χ3v) is 6.45. The number of aryl methyl sites for hydroxylation is 2. The molecule has 0 bridgehead atoms. The number of hydrogen-bond acceptors (Lipinski definition) is 3. The molecule has 5 nitrogen and oxygen atoms in total. The van der Waals surface area contributed by atoms with Gasteiger partial charge in [-0.2, -0.15) is 0 Å². The van der Waals surface area contributed by atoms with E-state index in [0.717, 1.165) is 61.3 Å². The van der Waals surface area contributed by atoms with E-state index in [4.69, 9.17) is 21.3 Å². The number of imidazole rings is 1. The zero-order chi connectivity index (χ0) is 22.2. The van der Waals surface area contributed by atoms with E-state index < -0.39 is 0 Å². The number of nitrogens with one attached hydrogen (secondary N) is 1. The van der Waals surface area contributed by atoms with Crippen molar-refractivity contribution in [3.63, 3.8) is 0 Å². The van der Waals surface area contributed by atoms with Crippen molar-refractivity contribution in [3.05, 3.63) is 59.4 Å². The Hall–Kier alpha value is -2.53. The fourth-order valence-electron chi connectivity index (χ4n) is 4.48. The van der Waals surface area contributed by atoms with Gasteiger partial charge >= 0.3 is 0 Å². The number of halogens is 1. The number of benzene rings is 2. The summed E-state index contributed by atoms with van der Waals surface area (Å²) in [6.07, 6.45) is 8.34. The lowest BCUT2D eigenvalue weighted by Crippen LogP contribution is -2.32. The number of ether oxygens (including phenoxy) is 1. The Morgan fingerprint density at radius 3 is 2.66 bits per heavy atom. The molecule has 6 heteroatoms. The summed E-state index contributed by atoms with van der Waals surface area (Å²) in [7, 11) is 0. The molecule has 2 aromatic carbocycles. The second-order valence-electron chi connectivity index (χ2n) is 8.55. The molecule has 1 saturated carbocycles. The molecular weight excluding hydrogens is 422 g/mol. The number of carbonyl (C=O) groups is 1. The van der Waals surface area contributed by atoms with Crippen LogP contribution in [0.5, 0.6) is 5.75 Å². The van der Waals surface area contributed by atoms with E-state index in [-0.39, 0.29) is 11.8 Å². The van der Waals surface area contributed by atoms with Crippen LogP contribution in [-0.4, -0.2) is 28.6 Å². The Bertz CT molecular complexity index is 1010. The summed E-state index contributed by atoms with van der Waals surface area (Å²) in [6, 6.07) is 15.7. The molecule has 4 rings (SSSR count). The first-order chi connectivity index (χ1) is 15.7. The van der Waals surface area contributed by atoms with Gasteiger partial charge in [0.25, 0.3) is 0 Å². The largest absolute Gasteiger partial charge is 0.494 e. The van der Waals surface area contributed by atoms with Gasteiger partial charge in [-0.25, -0.2) is 4.98 Å². The van der Waals surface area contributed by atoms with Gasteiger partial charge < -0.3 is 14.6 Å². The van der Waals surface area contributed by atoms with Gasteiger partial charge in [0.05, 0.1) is 17.6 Å². The standard InChI is InChI=1S/C26H32ClN3O2/c27-21-13-15-22(16-14-21)32-19-7-18-30-24-11-5-4-10-23(24)29-25(30)12-6-17-28-26(31)20-8-2-1-3-9-20/h4-5,10-11,13-16,20H,1-3,6-9,12,17-19H2,(H,28,31). The number of hydrogen-bond donors (Lipinski definition) is 1. The zero-order valence-corrected chi connectivity index (χ0v) is 19.3. The number of fused-ring (bicyclic) bond motifs is 1. The van der Waals surface area contributed by atoms with Crippen molar-refractivity contribution in [2.24, 2.45) is 5.92 Å². The Labute approximate surface area is 195 Å². The van der Waals surface area contributed by atoms with E-state index >= 15 is 0 Å². The van der Waals surface area contributed by atoms with Crippen LogP contribution in [0.15, 0.2) is 48.5 Å². The van der Waals surface area contributed by atoms with Crippen LogP contribution in [0.4, 0.5) is 0 Å². The molecule has 0 saturated heterocycles. The van der Waals surface area contributed by atoms with Crippen LogP contribution in [-0.2, 0) is 17.8 Å². The first-order valence-electron chi connectivity index (χ1n) is 11.8. The SMILES string of the molecule is O=C(NCCCc1nc2ccccc2n1CCCOc1ccc(Cl)cc1)C1CCCCC1. The molecule has 1 heterocycles. The summed E-state index contributed by atoms with van der Waals surface area (Å²) in [5.41, 5.74) is 2.17. The van der Waals surface area contributed by atoms with Gasteiger partial charge in [-0.15, -0.1) is 0 Å². The quantitative estimate of drug-likeness (QED) is 0.395. The number of carbonyl (C=O) groups excluding carboxylic acids is 1. The number of para-hydroxylation sites is 2. The lowest BCUT2D eigenvalue weighted by atomic mass is 9.89. The van der Waals surface area contributed by atoms with Gasteiger partial charge in [0.1, 0.15) is 11.6 Å². The molecule has 0 aliphatic heterocycles. The van der Waals surface area contributed by atoms with Crippen molar-refractivity contribution in [1.29, 1.82) is 0 Å². The summed E-state index contributed by atoms with van der Waals surface area (Å²) in [5, 5.41) is 3.85. The predicted molar refractivity (Wildman–Crippen MR) is 129 cm³/mol. The molecule has 1 fully saturated rings. The van der Waals surface area contributed by atoms with E-state index in [2.05, 4.69) is 28.1 Å². The lowest BCUT2D eigenvalue weighted by molar-refractivity contribution is -0.125. The molecule has 0 atom stereocenters. The van der Waals surface area contributed by atoms with Gasteiger partial charge in [-0.3, -0.25) is 4.79 Å². The van der Waals surface area contributed by atoms with Gasteiger partial charge in [0, 0.05) is 30.5 Å².